The normalized spacial score (nSPS) is 13.7. The van der Waals surface area contributed by atoms with Gasteiger partial charge in [0.1, 0.15) is 18.1 Å². The van der Waals surface area contributed by atoms with Gasteiger partial charge in [-0.3, -0.25) is 0 Å². The molecule has 7 nitrogen and oxygen atoms in total. The van der Waals surface area contributed by atoms with Crippen LogP contribution < -0.4 is 19.9 Å². The average molecular weight is 315 g/mol. The van der Waals surface area contributed by atoms with Crippen molar-refractivity contribution in [3.8, 4) is 17.2 Å². The summed E-state index contributed by atoms with van der Waals surface area (Å²) in [5.41, 5.74) is 6.69. The molecule has 0 aromatic heterocycles. The molecule has 2 rings (SSSR count). The van der Waals surface area contributed by atoms with Gasteiger partial charge in [-0.15, -0.1) is 11.6 Å². The highest BCUT2D eigenvalue weighted by molar-refractivity contribution is 6.28. The van der Waals surface area contributed by atoms with E-state index in [4.69, 9.17) is 36.3 Å². The first-order valence-electron chi connectivity index (χ1n) is 5.99. The topological polar surface area (TPSA) is 92.4 Å². The molecule has 0 radical (unpaired) electrons. The fourth-order valence-corrected chi connectivity index (χ4v) is 2.22. The van der Waals surface area contributed by atoms with Crippen LogP contribution in [-0.2, 0) is 11.3 Å². The Labute approximate surface area is 126 Å². The highest BCUT2D eigenvalue weighted by Gasteiger charge is 2.35. The van der Waals surface area contributed by atoms with Crippen LogP contribution in [0.1, 0.15) is 15.9 Å². The van der Waals surface area contributed by atoms with Crippen LogP contribution in [0.25, 0.3) is 0 Å². The van der Waals surface area contributed by atoms with Gasteiger partial charge in [0.15, 0.2) is 11.5 Å². The molecule has 0 amide bonds. The summed E-state index contributed by atoms with van der Waals surface area (Å²) in [5.74, 6) is 0.563. The molecule has 21 heavy (non-hydrogen) atoms. The average Bonchev–Trinajstić information content (AvgIpc) is 2.88. The first-order valence-corrected chi connectivity index (χ1v) is 6.53. The number of carbonyl (C=O) groups excluding carboxylic acids is 1. The summed E-state index contributed by atoms with van der Waals surface area (Å²) in [6.07, 6.45) is 0. The zero-order chi connectivity index (χ0) is 15.6. The maximum atomic E-state index is 12.0. The van der Waals surface area contributed by atoms with Crippen molar-refractivity contribution in [1.82, 2.24) is 0 Å². The molecule has 1 aromatic rings. The van der Waals surface area contributed by atoms with Gasteiger partial charge in [-0.2, -0.15) is 0 Å². The lowest BCUT2D eigenvalue weighted by atomic mass is 10.0. The lowest BCUT2D eigenvalue weighted by Crippen LogP contribution is -2.13. The lowest BCUT2D eigenvalue weighted by Gasteiger charge is -2.17. The number of aliphatic imine (C=N–C) groups is 1. The highest BCUT2D eigenvalue weighted by Crippen LogP contribution is 2.51. The van der Waals surface area contributed by atoms with Crippen molar-refractivity contribution >= 4 is 29.1 Å². The minimum absolute atomic E-state index is 0.0152. The van der Waals surface area contributed by atoms with Gasteiger partial charge >= 0.3 is 5.97 Å². The third-order valence-corrected chi connectivity index (χ3v) is 3.27. The predicted octanol–water partition coefficient (Wildman–Crippen LogP) is 1.61. The Morgan fingerprint density at radius 1 is 1.24 bits per heavy atom. The molecule has 2 N–H and O–H groups in total. The molecule has 0 unspecified atom stereocenters. The smallest absolute Gasteiger partial charge is 0.341 e. The number of ether oxygens (including phenoxy) is 4. The first-order chi connectivity index (χ1) is 10.1. The molecule has 0 aliphatic carbocycles. The minimum atomic E-state index is -0.523. The van der Waals surface area contributed by atoms with Crippen molar-refractivity contribution in [3.05, 3.63) is 11.1 Å². The Bertz CT molecular complexity index is 615. The summed E-state index contributed by atoms with van der Waals surface area (Å²) in [4.78, 5) is 16.1. The van der Waals surface area contributed by atoms with Crippen LogP contribution in [0.2, 0.25) is 0 Å². The molecule has 0 saturated carbocycles. The van der Waals surface area contributed by atoms with Crippen LogP contribution in [-0.4, -0.2) is 39.0 Å². The van der Waals surface area contributed by atoms with E-state index in [1.54, 1.807) is 0 Å². The molecular formula is C13H15ClN2O5. The van der Waals surface area contributed by atoms with E-state index in [2.05, 4.69) is 4.99 Å². The third kappa shape index (κ3) is 2.44. The van der Waals surface area contributed by atoms with E-state index in [1.165, 1.54) is 21.3 Å². The lowest BCUT2D eigenvalue weighted by molar-refractivity contribution is 0.0534. The summed E-state index contributed by atoms with van der Waals surface area (Å²) in [5, 5.41) is 0. The van der Waals surface area contributed by atoms with E-state index >= 15 is 0 Å². The molecule has 1 aromatic carbocycles. The van der Waals surface area contributed by atoms with Crippen LogP contribution in [0.3, 0.4) is 0 Å². The van der Waals surface area contributed by atoms with Crippen molar-refractivity contribution in [2.75, 3.05) is 27.2 Å². The second-order valence-corrected chi connectivity index (χ2v) is 4.38. The largest absolute Gasteiger partial charge is 0.492 e. The first kappa shape index (κ1) is 15.2. The number of halogens is 1. The van der Waals surface area contributed by atoms with Crippen molar-refractivity contribution < 1.29 is 23.7 Å². The number of benzene rings is 1. The maximum Gasteiger partial charge on any atom is 0.341 e. The second-order valence-electron chi connectivity index (χ2n) is 4.11. The number of esters is 1. The summed E-state index contributed by atoms with van der Waals surface area (Å²) in [6, 6.07) is 0. The van der Waals surface area contributed by atoms with Gasteiger partial charge in [-0.05, 0) is 0 Å². The number of cyclic esters (lactones) is 1. The van der Waals surface area contributed by atoms with Crippen LogP contribution in [0, 0.1) is 0 Å². The number of hydrogen-bond donors (Lipinski definition) is 1. The Balaban J connectivity index is 2.85. The van der Waals surface area contributed by atoms with Crippen molar-refractivity contribution in [2.45, 2.75) is 6.61 Å². The van der Waals surface area contributed by atoms with Gasteiger partial charge in [-0.1, -0.05) is 0 Å². The summed E-state index contributed by atoms with van der Waals surface area (Å²) >= 11 is 5.65. The van der Waals surface area contributed by atoms with Crippen molar-refractivity contribution in [3.63, 3.8) is 0 Å². The number of nitrogens with zero attached hydrogens (tertiary/aromatic N) is 1. The Kier molecular flexibility index (Phi) is 4.42. The SMILES string of the molecule is COc1c2c(c(N=C(N)CCl)c(OC)c1OC)C(=O)OC2. The molecule has 0 atom stereocenters. The summed E-state index contributed by atoms with van der Waals surface area (Å²) < 4.78 is 21.0. The standard InChI is InChI=1S/C13H15ClN2O5/c1-18-10-6-5-21-13(17)8(6)9(16-7(15)4-14)11(19-2)12(10)20-3/h4-5H2,1-3H3,(H2,15,16). The van der Waals surface area contributed by atoms with E-state index < -0.39 is 5.97 Å². The molecule has 0 fully saturated rings. The van der Waals surface area contributed by atoms with Crippen LogP contribution >= 0.6 is 11.6 Å². The molecular weight excluding hydrogens is 300 g/mol. The number of hydrogen-bond acceptors (Lipinski definition) is 6. The molecule has 8 heteroatoms. The third-order valence-electron chi connectivity index (χ3n) is 3.00. The molecule has 0 spiro atoms. The molecule has 1 heterocycles. The van der Waals surface area contributed by atoms with Gasteiger partial charge in [0.2, 0.25) is 5.75 Å². The predicted molar refractivity (Wildman–Crippen MR) is 77.2 cm³/mol. The molecule has 0 bridgehead atoms. The van der Waals surface area contributed by atoms with E-state index in [9.17, 15) is 4.79 Å². The van der Waals surface area contributed by atoms with Crippen molar-refractivity contribution in [2.24, 2.45) is 10.7 Å². The monoisotopic (exact) mass is 314 g/mol. The number of nitrogens with two attached hydrogens (primary N) is 1. The van der Waals surface area contributed by atoms with E-state index in [0.29, 0.717) is 17.1 Å². The minimum Gasteiger partial charge on any atom is -0.492 e. The van der Waals surface area contributed by atoms with Crippen LogP contribution in [0.4, 0.5) is 5.69 Å². The van der Waals surface area contributed by atoms with Gasteiger partial charge in [0, 0.05) is 0 Å². The number of fused-ring (bicyclic) bond motifs is 1. The van der Waals surface area contributed by atoms with E-state index in [0.717, 1.165) is 0 Å². The summed E-state index contributed by atoms with van der Waals surface area (Å²) in [7, 11) is 4.36. The quantitative estimate of drug-likeness (QED) is 0.384. The van der Waals surface area contributed by atoms with E-state index in [1.807, 2.05) is 0 Å². The van der Waals surface area contributed by atoms with Gasteiger partial charge in [0.05, 0.1) is 38.3 Å². The zero-order valence-electron chi connectivity index (χ0n) is 11.9. The zero-order valence-corrected chi connectivity index (χ0v) is 12.6. The molecule has 1 aliphatic heterocycles. The maximum absolute atomic E-state index is 12.0. The fourth-order valence-electron chi connectivity index (χ4n) is 2.16. The number of rotatable bonds is 5. The molecule has 1 aliphatic rings. The van der Waals surface area contributed by atoms with Gasteiger partial charge in [-0.25, -0.2) is 9.79 Å². The molecule has 0 saturated heterocycles. The Morgan fingerprint density at radius 3 is 2.38 bits per heavy atom. The fraction of sp³-hybridized carbons (Fsp3) is 0.385. The molecule has 114 valence electrons. The van der Waals surface area contributed by atoms with Gasteiger partial charge in [0.25, 0.3) is 0 Å². The number of carbonyl (C=O) groups is 1. The Morgan fingerprint density at radius 2 is 1.86 bits per heavy atom. The number of amidine groups is 1. The van der Waals surface area contributed by atoms with Crippen LogP contribution in [0.5, 0.6) is 17.2 Å². The second kappa shape index (κ2) is 6.09. The van der Waals surface area contributed by atoms with Gasteiger partial charge < -0.3 is 24.7 Å². The van der Waals surface area contributed by atoms with Crippen LogP contribution in [0.15, 0.2) is 4.99 Å². The highest BCUT2D eigenvalue weighted by atomic mass is 35.5. The number of methoxy groups -OCH3 is 3. The van der Waals surface area contributed by atoms with Crippen molar-refractivity contribution in [1.29, 1.82) is 0 Å². The summed E-state index contributed by atoms with van der Waals surface area (Å²) in [6.45, 7) is 0.0704. The number of alkyl halides is 1. The van der Waals surface area contributed by atoms with E-state index in [-0.39, 0.29) is 35.3 Å². The Hall–Kier alpha value is -2.15.